The highest BCUT2D eigenvalue weighted by atomic mass is 32.1. The number of hydrogen-bond acceptors (Lipinski definition) is 5. The van der Waals surface area contributed by atoms with Crippen LogP contribution in [0.1, 0.15) is 61.6 Å². The van der Waals surface area contributed by atoms with E-state index in [2.05, 4.69) is 47.6 Å². The third-order valence-electron chi connectivity index (χ3n) is 7.20. The molecule has 0 bridgehead atoms. The number of ether oxygens (including phenoxy) is 1. The third-order valence-corrected chi connectivity index (χ3v) is 8.19. The molecule has 7 nitrogen and oxygen atoms in total. The summed E-state index contributed by atoms with van der Waals surface area (Å²) >= 11 is 1.74. The molecule has 1 saturated heterocycles. The van der Waals surface area contributed by atoms with Crippen LogP contribution in [0.3, 0.4) is 0 Å². The van der Waals surface area contributed by atoms with E-state index in [1.54, 1.807) is 16.2 Å². The minimum atomic E-state index is -0.170. The first kappa shape index (κ1) is 26.5. The molecule has 3 amide bonds. The van der Waals surface area contributed by atoms with Crippen molar-refractivity contribution in [3.8, 4) is 5.75 Å². The molecule has 1 N–H and O–H groups in total. The van der Waals surface area contributed by atoms with Gasteiger partial charge in [-0.05, 0) is 79.9 Å². The van der Waals surface area contributed by atoms with Gasteiger partial charge in [0.25, 0.3) is 0 Å². The van der Waals surface area contributed by atoms with Gasteiger partial charge in [0.15, 0.2) is 0 Å². The van der Waals surface area contributed by atoms with Crippen molar-refractivity contribution in [2.45, 2.75) is 52.0 Å². The average Bonchev–Trinajstić information content (AvgIpc) is 3.57. The van der Waals surface area contributed by atoms with Crippen LogP contribution in [0.15, 0.2) is 35.7 Å². The normalized spacial score (nSPS) is 17.8. The van der Waals surface area contributed by atoms with E-state index in [0.717, 1.165) is 31.8 Å². The number of likely N-dealkylation sites (tertiary alicyclic amines) is 1. The number of urea groups is 1. The van der Waals surface area contributed by atoms with Crippen LogP contribution < -0.4 is 10.1 Å². The Labute approximate surface area is 219 Å². The van der Waals surface area contributed by atoms with Crippen LogP contribution in [0.4, 0.5) is 4.79 Å². The molecule has 1 unspecified atom stereocenters. The lowest BCUT2D eigenvalue weighted by Crippen LogP contribution is -2.51. The monoisotopic (exact) mass is 512 g/mol. The zero-order valence-electron chi connectivity index (χ0n) is 21.9. The molecule has 2 aliphatic heterocycles. The van der Waals surface area contributed by atoms with Gasteiger partial charge < -0.3 is 24.8 Å². The molecule has 3 heterocycles. The Kier molecular flexibility index (Phi) is 9.26. The number of carbonyl (C=O) groups is 2. The van der Waals surface area contributed by atoms with E-state index in [-0.39, 0.29) is 24.5 Å². The summed E-state index contributed by atoms with van der Waals surface area (Å²) in [7, 11) is 0. The van der Waals surface area contributed by atoms with E-state index in [0.29, 0.717) is 32.2 Å². The van der Waals surface area contributed by atoms with E-state index in [4.69, 9.17) is 4.74 Å². The maximum absolute atomic E-state index is 13.6. The van der Waals surface area contributed by atoms with E-state index in [1.165, 1.54) is 28.8 Å². The Morgan fingerprint density at radius 3 is 2.58 bits per heavy atom. The Morgan fingerprint density at radius 2 is 1.89 bits per heavy atom. The first-order valence-electron chi connectivity index (χ1n) is 13.3. The maximum atomic E-state index is 13.6. The number of carbonyl (C=O) groups excluding carboxylic acids is 2. The fourth-order valence-corrected chi connectivity index (χ4v) is 5.96. The number of rotatable bonds is 10. The quantitative estimate of drug-likeness (QED) is 0.509. The number of hydrogen-bond donors (Lipinski definition) is 1. The van der Waals surface area contributed by atoms with Gasteiger partial charge in [-0.3, -0.25) is 4.79 Å². The Morgan fingerprint density at radius 1 is 1.14 bits per heavy atom. The molecule has 1 aromatic carbocycles. The van der Waals surface area contributed by atoms with Gasteiger partial charge >= 0.3 is 6.03 Å². The highest BCUT2D eigenvalue weighted by molar-refractivity contribution is 7.10. The van der Waals surface area contributed by atoms with Gasteiger partial charge in [-0.15, -0.1) is 11.3 Å². The summed E-state index contributed by atoms with van der Waals surface area (Å²) in [6.07, 6.45) is 3.25. The molecule has 0 radical (unpaired) electrons. The molecule has 2 aromatic rings. The topological polar surface area (TPSA) is 65.1 Å². The second kappa shape index (κ2) is 12.6. The third kappa shape index (κ3) is 6.59. The lowest BCUT2D eigenvalue weighted by atomic mass is 10.00. The van der Waals surface area contributed by atoms with Crippen molar-refractivity contribution >= 4 is 23.3 Å². The van der Waals surface area contributed by atoms with Crippen molar-refractivity contribution in [2.24, 2.45) is 0 Å². The van der Waals surface area contributed by atoms with Crippen molar-refractivity contribution in [3.63, 3.8) is 0 Å². The lowest BCUT2D eigenvalue weighted by Gasteiger charge is -2.37. The SMILES string of the molecule is CCNC(=O)N(CCN1CCCC1)CC(=O)N1CCc2sccc2C1COc1ccc(C(C)C)cc1. The minimum Gasteiger partial charge on any atom is -0.491 e. The van der Waals surface area contributed by atoms with Gasteiger partial charge in [-0.1, -0.05) is 26.0 Å². The Hall–Kier alpha value is -2.58. The molecule has 0 saturated carbocycles. The summed E-state index contributed by atoms with van der Waals surface area (Å²) in [5.41, 5.74) is 2.44. The smallest absolute Gasteiger partial charge is 0.317 e. The van der Waals surface area contributed by atoms with Crippen LogP contribution in [0.5, 0.6) is 5.75 Å². The van der Waals surface area contributed by atoms with Crippen LogP contribution in [0.2, 0.25) is 0 Å². The predicted molar refractivity (Wildman–Crippen MR) is 145 cm³/mol. The van der Waals surface area contributed by atoms with Crippen LogP contribution in [0.25, 0.3) is 0 Å². The predicted octanol–water partition coefficient (Wildman–Crippen LogP) is 4.50. The molecule has 2 aliphatic rings. The summed E-state index contributed by atoms with van der Waals surface area (Å²) in [6.45, 7) is 11.4. The molecular formula is C28H40N4O3S. The molecule has 1 atom stereocenters. The Bertz CT molecular complexity index is 1000. The maximum Gasteiger partial charge on any atom is 0.317 e. The van der Waals surface area contributed by atoms with Crippen LogP contribution >= 0.6 is 11.3 Å². The highest BCUT2D eigenvalue weighted by Gasteiger charge is 2.33. The fourth-order valence-electron chi connectivity index (χ4n) is 5.04. The zero-order chi connectivity index (χ0) is 25.5. The van der Waals surface area contributed by atoms with Crippen LogP contribution in [0, 0.1) is 0 Å². The van der Waals surface area contributed by atoms with Gasteiger partial charge in [-0.2, -0.15) is 0 Å². The number of thiophene rings is 1. The number of nitrogens with zero attached hydrogens (tertiary/aromatic N) is 3. The van der Waals surface area contributed by atoms with Crippen LogP contribution in [-0.2, 0) is 11.2 Å². The second-order valence-corrected chi connectivity index (χ2v) is 11.0. The summed E-state index contributed by atoms with van der Waals surface area (Å²) in [4.78, 5) is 33.7. The molecule has 196 valence electrons. The molecule has 4 rings (SSSR count). The van der Waals surface area contributed by atoms with Crippen molar-refractivity contribution in [2.75, 3.05) is 52.4 Å². The number of benzene rings is 1. The second-order valence-electron chi connectivity index (χ2n) is 9.99. The van der Waals surface area contributed by atoms with Crippen LogP contribution in [-0.4, -0.2) is 79.1 Å². The lowest BCUT2D eigenvalue weighted by molar-refractivity contribution is -0.135. The van der Waals surface area contributed by atoms with E-state index >= 15 is 0 Å². The van der Waals surface area contributed by atoms with Gasteiger partial charge in [0.2, 0.25) is 5.91 Å². The summed E-state index contributed by atoms with van der Waals surface area (Å²) in [6, 6.07) is 10.0. The number of fused-ring (bicyclic) bond motifs is 1. The van der Waals surface area contributed by atoms with E-state index in [1.807, 2.05) is 24.0 Å². The van der Waals surface area contributed by atoms with Gasteiger partial charge in [-0.25, -0.2) is 4.79 Å². The van der Waals surface area contributed by atoms with Gasteiger partial charge in [0.1, 0.15) is 18.9 Å². The highest BCUT2D eigenvalue weighted by Crippen LogP contribution is 2.34. The van der Waals surface area contributed by atoms with Crippen molar-refractivity contribution < 1.29 is 14.3 Å². The zero-order valence-corrected chi connectivity index (χ0v) is 22.7. The van der Waals surface area contributed by atoms with E-state index < -0.39 is 0 Å². The summed E-state index contributed by atoms with van der Waals surface area (Å²) in [5, 5.41) is 4.98. The van der Waals surface area contributed by atoms with Gasteiger partial charge in [0, 0.05) is 31.1 Å². The summed E-state index contributed by atoms with van der Waals surface area (Å²) < 4.78 is 6.20. The Balaban J connectivity index is 1.44. The summed E-state index contributed by atoms with van der Waals surface area (Å²) in [5.74, 6) is 1.25. The molecule has 0 aliphatic carbocycles. The van der Waals surface area contributed by atoms with Crippen molar-refractivity contribution in [1.82, 2.24) is 20.0 Å². The molecule has 0 spiro atoms. The average molecular weight is 513 g/mol. The first-order chi connectivity index (χ1) is 17.5. The number of nitrogens with one attached hydrogen (secondary N) is 1. The minimum absolute atomic E-state index is 0.0247. The number of amides is 3. The van der Waals surface area contributed by atoms with Crippen molar-refractivity contribution in [3.05, 3.63) is 51.7 Å². The van der Waals surface area contributed by atoms with Gasteiger partial charge in [0.05, 0.1) is 6.04 Å². The molecule has 1 aromatic heterocycles. The van der Waals surface area contributed by atoms with Crippen molar-refractivity contribution in [1.29, 1.82) is 0 Å². The standard InChI is InChI=1S/C28H40N4O3S/c1-4-29-28(34)31(17-16-30-13-5-6-14-30)19-27(33)32-15-11-26-24(12-18-36-26)25(32)20-35-23-9-7-22(8-10-23)21(2)3/h7-10,12,18,21,25H,4-6,11,13-17,19-20H2,1-3H3,(H,29,34). The molecule has 1 fully saturated rings. The fraction of sp³-hybridized carbons (Fsp3) is 0.571. The first-order valence-corrected chi connectivity index (χ1v) is 14.2. The van der Waals surface area contributed by atoms with E-state index in [9.17, 15) is 9.59 Å². The largest absolute Gasteiger partial charge is 0.491 e. The molecule has 36 heavy (non-hydrogen) atoms. The molecule has 8 heteroatoms. The molecular weight excluding hydrogens is 472 g/mol.